The molecule has 19 heavy (non-hydrogen) atoms. The fourth-order valence-electron chi connectivity index (χ4n) is 3.45. The number of hydrogen-bond acceptors (Lipinski definition) is 3. The molecule has 0 radical (unpaired) electrons. The van der Waals surface area contributed by atoms with Crippen molar-refractivity contribution in [1.29, 1.82) is 0 Å². The molecule has 3 rings (SSSR count). The molecule has 1 amide bonds. The van der Waals surface area contributed by atoms with E-state index in [1.807, 2.05) is 18.7 Å². The Morgan fingerprint density at radius 2 is 1.74 bits per heavy atom. The fourth-order valence-corrected chi connectivity index (χ4v) is 3.45. The second-order valence-corrected chi connectivity index (χ2v) is 7.08. The van der Waals surface area contributed by atoms with E-state index < -0.39 is 5.79 Å². The van der Waals surface area contributed by atoms with Crippen LogP contribution in [0.3, 0.4) is 0 Å². The highest BCUT2D eigenvalue weighted by molar-refractivity contribution is 5.77. The zero-order valence-electron chi connectivity index (χ0n) is 12.1. The summed E-state index contributed by atoms with van der Waals surface area (Å²) in [5.74, 6) is 0.517. The summed E-state index contributed by atoms with van der Waals surface area (Å²) in [6, 6.07) is 0. The summed E-state index contributed by atoms with van der Waals surface area (Å²) in [6.07, 6.45) is 5.84. The van der Waals surface area contributed by atoms with Gasteiger partial charge in [-0.15, -0.1) is 0 Å². The highest BCUT2D eigenvalue weighted by Gasteiger charge is 2.50. The highest BCUT2D eigenvalue weighted by atomic mass is 16.7. The lowest BCUT2D eigenvalue weighted by atomic mass is 9.80. The van der Waals surface area contributed by atoms with Gasteiger partial charge in [0.1, 0.15) is 0 Å². The smallest absolute Gasteiger partial charge is 0.222 e. The average Bonchev–Trinajstić information content (AvgIpc) is 2.79. The predicted octanol–water partition coefficient (Wildman–Crippen LogP) is 2.18. The van der Waals surface area contributed by atoms with E-state index in [0.29, 0.717) is 25.0 Å². The molecule has 2 aliphatic heterocycles. The van der Waals surface area contributed by atoms with Crippen LogP contribution in [0.5, 0.6) is 0 Å². The molecule has 4 nitrogen and oxygen atoms in total. The summed E-state index contributed by atoms with van der Waals surface area (Å²) < 4.78 is 11.4. The van der Waals surface area contributed by atoms with Crippen LogP contribution >= 0.6 is 0 Å². The monoisotopic (exact) mass is 267 g/mol. The molecule has 0 aromatic carbocycles. The Hall–Kier alpha value is -0.610. The topological polar surface area (TPSA) is 38.8 Å². The summed E-state index contributed by atoms with van der Waals surface area (Å²) in [6.45, 7) is 6.95. The van der Waals surface area contributed by atoms with Gasteiger partial charge in [0.2, 0.25) is 5.91 Å². The minimum absolute atomic E-state index is 0.0703. The molecule has 0 unspecified atom stereocenters. The number of amides is 1. The van der Waals surface area contributed by atoms with Gasteiger partial charge in [-0.05, 0) is 32.6 Å². The highest BCUT2D eigenvalue weighted by Crippen LogP contribution is 2.38. The number of hydrogen-bond donors (Lipinski definition) is 0. The molecule has 0 aromatic rings. The lowest BCUT2D eigenvalue weighted by molar-refractivity contribution is -0.303. The molecule has 0 atom stereocenters. The first-order chi connectivity index (χ1) is 8.98. The largest absolute Gasteiger partial charge is 0.350 e. The van der Waals surface area contributed by atoms with Gasteiger partial charge in [-0.1, -0.05) is 12.8 Å². The second-order valence-electron chi connectivity index (χ2n) is 7.08. The van der Waals surface area contributed by atoms with Crippen molar-refractivity contribution in [2.45, 2.75) is 51.7 Å². The van der Waals surface area contributed by atoms with E-state index in [4.69, 9.17) is 9.47 Å². The number of ether oxygens (including phenoxy) is 2. The third kappa shape index (κ3) is 2.79. The van der Waals surface area contributed by atoms with Crippen LogP contribution in [0.15, 0.2) is 0 Å². The van der Waals surface area contributed by atoms with Gasteiger partial charge >= 0.3 is 0 Å². The first kappa shape index (κ1) is 13.4. The third-order valence-electron chi connectivity index (χ3n) is 4.80. The second kappa shape index (κ2) is 4.74. The summed E-state index contributed by atoms with van der Waals surface area (Å²) in [5.41, 5.74) is 0.0703. The van der Waals surface area contributed by atoms with E-state index in [-0.39, 0.29) is 5.41 Å². The maximum atomic E-state index is 12.2. The quantitative estimate of drug-likeness (QED) is 0.769. The first-order valence-electron chi connectivity index (χ1n) is 7.54. The van der Waals surface area contributed by atoms with Crippen LogP contribution < -0.4 is 0 Å². The molecule has 0 aromatic heterocycles. The van der Waals surface area contributed by atoms with E-state index in [9.17, 15) is 4.79 Å². The van der Waals surface area contributed by atoms with Crippen LogP contribution in [-0.4, -0.2) is 42.9 Å². The van der Waals surface area contributed by atoms with Crippen LogP contribution in [-0.2, 0) is 14.3 Å². The van der Waals surface area contributed by atoms with E-state index in [1.54, 1.807) is 0 Å². The third-order valence-corrected chi connectivity index (χ3v) is 4.80. The molecule has 1 saturated carbocycles. The minimum atomic E-state index is -0.459. The Bertz CT molecular complexity index is 342. The summed E-state index contributed by atoms with van der Waals surface area (Å²) >= 11 is 0. The Labute approximate surface area is 115 Å². The molecule has 3 aliphatic rings. The summed E-state index contributed by atoms with van der Waals surface area (Å²) in [7, 11) is 0. The first-order valence-corrected chi connectivity index (χ1v) is 7.54. The van der Waals surface area contributed by atoms with Crippen molar-refractivity contribution in [1.82, 2.24) is 4.90 Å². The van der Waals surface area contributed by atoms with E-state index in [0.717, 1.165) is 19.5 Å². The van der Waals surface area contributed by atoms with Crippen LogP contribution in [0.1, 0.15) is 46.0 Å². The zero-order valence-corrected chi connectivity index (χ0v) is 12.1. The molecular formula is C15H25NO3. The van der Waals surface area contributed by atoms with Gasteiger partial charge in [-0.2, -0.15) is 0 Å². The number of rotatable bonds is 2. The van der Waals surface area contributed by atoms with Crippen LogP contribution in [0, 0.1) is 11.3 Å². The molecule has 3 fully saturated rings. The Balaban J connectivity index is 1.45. The van der Waals surface area contributed by atoms with Crippen LogP contribution in [0.25, 0.3) is 0 Å². The van der Waals surface area contributed by atoms with Crippen molar-refractivity contribution < 1.29 is 14.3 Å². The number of carbonyl (C=O) groups is 1. The lowest BCUT2D eigenvalue weighted by Gasteiger charge is -2.54. The van der Waals surface area contributed by atoms with Gasteiger partial charge in [-0.25, -0.2) is 0 Å². The van der Waals surface area contributed by atoms with Gasteiger partial charge in [0.05, 0.1) is 18.6 Å². The maximum absolute atomic E-state index is 12.2. The van der Waals surface area contributed by atoms with E-state index in [1.165, 1.54) is 25.7 Å². The molecule has 0 bridgehead atoms. The fraction of sp³-hybridized carbons (Fsp3) is 0.933. The molecular weight excluding hydrogens is 242 g/mol. The summed E-state index contributed by atoms with van der Waals surface area (Å²) in [5, 5.41) is 0. The molecule has 1 aliphatic carbocycles. The average molecular weight is 267 g/mol. The van der Waals surface area contributed by atoms with Crippen molar-refractivity contribution in [3.05, 3.63) is 0 Å². The van der Waals surface area contributed by atoms with Crippen molar-refractivity contribution in [3.8, 4) is 0 Å². The number of carbonyl (C=O) groups excluding carboxylic acids is 1. The van der Waals surface area contributed by atoms with Gasteiger partial charge in [0, 0.05) is 19.5 Å². The summed E-state index contributed by atoms with van der Waals surface area (Å²) in [4.78, 5) is 14.2. The SMILES string of the molecule is CC1(C)OCC2(CO1)CN(C(=O)CC1CCCC1)C2. The van der Waals surface area contributed by atoms with Crippen molar-refractivity contribution in [2.75, 3.05) is 26.3 Å². The normalized spacial score (nSPS) is 29.5. The van der Waals surface area contributed by atoms with Gasteiger partial charge in [0.25, 0.3) is 0 Å². The molecule has 1 spiro atoms. The Kier molecular flexibility index (Phi) is 3.34. The molecule has 2 saturated heterocycles. The molecule has 108 valence electrons. The molecule has 0 N–H and O–H groups in total. The molecule has 2 heterocycles. The van der Waals surface area contributed by atoms with Gasteiger partial charge in [0.15, 0.2) is 5.79 Å². The zero-order chi connectivity index (χ0) is 13.5. The predicted molar refractivity (Wildman–Crippen MR) is 71.6 cm³/mol. The Morgan fingerprint density at radius 1 is 1.16 bits per heavy atom. The van der Waals surface area contributed by atoms with Crippen molar-refractivity contribution >= 4 is 5.91 Å². The lowest BCUT2D eigenvalue weighted by Crippen LogP contribution is -2.65. The van der Waals surface area contributed by atoms with E-state index in [2.05, 4.69) is 0 Å². The van der Waals surface area contributed by atoms with Crippen LogP contribution in [0.4, 0.5) is 0 Å². The van der Waals surface area contributed by atoms with Crippen molar-refractivity contribution in [3.63, 3.8) is 0 Å². The van der Waals surface area contributed by atoms with Crippen LogP contribution in [0.2, 0.25) is 0 Å². The number of nitrogens with zero attached hydrogens (tertiary/aromatic N) is 1. The molecule has 4 heteroatoms. The van der Waals surface area contributed by atoms with Gasteiger partial charge in [-0.3, -0.25) is 4.79 Å². The minimum Gasteiger partial charge on any atom is -0.350 e. The standard InChI is InChI=1S/C15H25NO3/c1-14(2)18-10-15(11-19-14)8-16(9-15)13(17)7-12-5-3-4-6-12/h12H,3-11H2,1-2H3. The maximum Gasteiger partial charge on any atom is 0.222 e. The van der Waals surface area contributed by atoms with Crippen molar-refractivity contribution in [2.24, 2.45) is 11.3 Å². The van der Waals surface area contributed by atoms with E-state index >= 15 is 0 Å². The number of likely N-dealkylation sites (tertiary alicyclic amines) is 1. The van der Waals surface area contributed by atoms with Gasteiger partial charge < -0.3 is 14.4 Å². The Morgan fingerprint density at radius 3 is 2.32 bits per heavy atom.